The maximum Gasteiger partial charge on any atom is 0.333 e. The summed E-state index contributed by atoms with van der Waals surface area (Å²) in [4.78, 5) is 25.3. The van der Waals surface area contributed by atoms with Crippen LogP contribution in [-0.2, 0) is 0 Å². The molecule has 2 aromatic rings. The molecule has 1 aromatic heterocycles. The lowest BCUT2D eigenvalue weighted by atomic mass is 10.1. The topological polar surface area (TPSA) is 78.7 Å². The van der Waals surface area contributed by atoms with E-state index in [4.69, 9.17) is 5.26 Å². The fraction of sp³-hybridized carbons (Fsp3) is 0.154. The van der Waals surface area contributed by atoms with Gasteiger partial charge in [-0.25, -0.2) is 4.79 Å². The maximum atomic E-state index is 11.8. The Morgan fingerprint density at radius 1 is 1.22 bits per heavy atom. The minimum Gasteiger partial charge on any atom is -0.273 e. The molecule has 0 amide bonds. The average molecular weight is 241 g/mol. The number of aromatic nitrogens is 2. The minimum absolute atomic E-state index is 0.0859. The molecule has 5 nitrogen and oxygen atoms in total. The molecular formula is C13H11N3O2. The van der Waals surface area contributed by atoms with Crippen LogP contribution in [-0.4, -0.2) is 9.55 Å². The van der Waals surface area contributed by atoms with E-state index in [0.717, 1.165) is 11.1 Å². The maximum absolute atomic E-state index is 11.8. The number of benzene rings is 1. The molecule has 0 atom stereocenters. The molecule has 1 heterocycles. The van der Waals surface area contributed by atoms with E-state index < -0.39 is 11.2 Å². The first-order valence-corrected chi connectivity index (χ1v) is 5.37. The Kier molecular flexibility index (Phi) is 2.86. The number of nitriles is 1. The molecule has 0 saturated heterocycles. The third-order valence-corrected chi connectivity index (χ3v) is 2.74. The molecule has 0 saturated carbocycles. The Balaban J connectivity index is 2.85. The monoisotopic (exact) mass is 241 g/mol. The van der Waals surface area contributed by atoms with Crippen LogP contribution in [0.2, 0.25) is 0 Å². The zero-order chi connectivity index (χ0) is 13.3. The number of nitrogens with one attached hydrogen (secondary N) is 1. The van der Waals surface area contributed by atoms with Gasteiger partial charge in [0.1, 0.15) is 11.6 Å². The predicted octanol–water partition coefficient (Wildman–Crippen LogP) is 1.01. The lowest BCUT2D eigenvalue weighted by molar-refractivity contribution is 0.876. The highest BCUT2D eigenvalue weighted by Gasteiger charge is 2.09. The summed E-state index contributed by atoms with van der Waals surface area (Å²) in [6, 6.07) is 7.39. The third-order valence-electron chi connectivity index (χ3n) is 2.74. The second-order valence-corrected chi connectivity index (χ2v) is 4.02. The molecule has 0 unspecified atom stereocenters. The van der Waals surface area contributed by atoms with E-state index in [0.29, 0.717) is 5.69 Å². The van der Waals surface area contributed by atoms with E-state index in [-0.39, 0.29) is 5.56 Å². The molecule has 18 heavy (non-hydrogen) atoms. The smallest absolute Gasteiger partial charge is 0.273 e. The SMILES string of the molecule is Cc1cccc(C)c1-n1cc(C#N)c(=O)[nH]c1=O. The van der Waals surface area contributed by atoms with Crippen LogP contribution in [0.3, 0.4) is 0 Å². The van der Waals surface area contributed by atoms with E-state index in [9.17, 15) is 9.59 Å². The summed E-state index contributed by atoms with van der Waals surface area (Å²) in [7, 11) is 0. The Labute approximate surface area is 103 Å². The van der Waals surface area contributed by atoms with Gasteiger partial charge in [-0.1, -0.05) is 18.2 Å². The average Bonchev–Trinajstić information content (AvgIpc) is 2.31. The fourth-order valence-corrected chi connectivity index (χ4v) is 1.90. The molecule has 5 heteroatoms. The lowest BCUT2D eigenvalue weighted by Crippen LogP contribution is -2.30. The molecule has 0 bridgehead atoms. The van der Waals surface area contributed by atoms with Crippen LogP contribution in [0.5, 0.6) is 0 Å². The summed E-state index contributed by atoms with van der Waals surface area (Å²) >= 11 is 0. The van der Waals surface area contributed by atoms with Crippen LogP contribution in [0.25, 0.3) is 5.69 Å². The molecule has 1 aromatic carbocycles. The summed E-state index contributed by atoms with van der Waals surface area (Å²) < 4.78 is 1.30. The van der Waals surface area contributed by atoms with Crippen molar-refractivity contribution in [2.24, 2.45) is 0 Å². The first kappa shape index (κ1) is 11.9. The quantitative estimate of drug-likeness (QED) is 0.809. The highest BCUT2D eigenvalue weighted by molar-refractivity contribution is 5.47. The Hall–Kier alpha value is -2.61. The minimum atomic E-state index is -0.662. The summed E-state index contributed by atoms with van der Waals surface area (Å²) in [6.07, 6.45) is 1.27. The zero-order valence-corrected chi connectivity index (χ0v) is 10.0. The second kappa shape index (κ2) is 4.34. The summed E-state index contributed by atoms with van der Waals surface area (Å²) in [5, 5.41) is 8.83. The largest absolute Gasteiger partial charge is 0.333 e. The van der Waals surface area contributed by atoms with Gasteiger partial charge in [-0.05, 0) is 25.0 Å². The summed E-state index contributed by atoms with van der Waals surface area (Å²) in [5.74, 6) is 0. The first-order chi connectivity index (χ1) is 8.54. The van der Waals surface area contributed by atoms with Gasteiger partial charge in [0.05, 0.1) is 5.69 Å². The van der Waals surface area contributed by atoms with Crippen molar-refractivity contribution in [2.45, 2.75) is 13.8 Å². The van der Waals surface area contributed by atoms with Gasteiger partial charge in [-0.2, -0.15) is 5.26 Å². The molecule has 0 aliphatic heterocycles. The number of aryl methyl sites for hydroxylation is 2. The number of hydrogen-bond donors (Lipinski definition) is 1. The highest BCUT2D eigenvalue weighted by atomic mass is 16.2. The molecule has 0 fully saturated rings. The van der Waals surface area contributed by atoms with Gasteiger partial charge in [0.2, 0.25) is 0 Å². The standard InChI is InChI=1S/C13H11N3O2/c1-8-4-3-5-9(2)11(8)16-7-10(6-14)12(17)15-13(16)18/h3-5,7H,1-2H3,(H,15,17,18). The normalized spacial score (nSPS) is 10.1. The predicted molar refractivity (Wildman–Crippen MR) is 66.8 cm³/mol. The first-order valence-electron chi connectivity index (χ1n) is 5.37. The molecule has 0 radical (unpaired) electrons. The number of rotatable bonds is 1. The van der Waals surface area contributed by atoms with E-state index in [2.05, 4.69) is 4.98 Å². The van der Waals surface area contributed by atoms with Crippen LogP contribution in [0.15, 0.2) is 34.0 Å². The van der Waals surface area contributed by atoms with Crippen molar-refractivity contribution >= 4 is 0 Å². The van der Waals surface area contributed by atoms with Crippen molar-refractivity contribution in [3.63, 3.8) is 0 Å². The fourth-order valence-electron chi connectivity index (χ4n) is 1.90. The van der Waals surface area contributed by atoms with Crippen molar-refractivity contribution in [3.8, 4) is 11.8 Å². The van der Waals surface area contributed by atoms with Crippen LogP contribution in [0.4, 0.5) is 0 Å². The zero-order valence-electron chi connectivity index (χ0n) is 10.0. The third kappa shape index (κ3) is 1.84. The number of para-hydroxylation sites is 1. The molecule has 0 aliphatic rings. The van der Waals surface area contributed by atoms with Crippen molar-refractivity contribution < 1.29 is 0 Å². The van der Waals surface area contributed by atoms with E-state index in [1.807, 2.05) is 32.0 Å². The Morgan fingerprint density at radius 2 is 1.83 bits per heavy atom. The van der Waals surface area contributed by atoms with Gasteiger partial charge >= 0.3 is 5.69 Å². The van der Waals surface area contributed by atoms with Crippen LogP contribution < -0.4 is 11.2 Å². The van der Waals surface area contributed by atoms with Crippen molar-refractivity contribution in [3.05, 3.63) is 61.9 Å². The van der Waals surface area contributed by atoms with Gasteiger partial charge in [0.25, 0.3) is 5.56 Å². The van der Waals surface area contributed by atoms with Gasteiger partial charge in [0, 0.05) is 6.20 Å². The Morgan fingerprint density at radius 3 is 2.39 bits per heavy atom. The number of H-pyrrole nitrogens is 1. The summed E-state index contributed by atoms with van der Waals surface area (Å²) in [6.45, 7) is 3.73. The van der Waals surface area contributed by atoms with Gasteiger partial charge < -0.3 is 0 Å². The number of hydrogen-bond acceptors (Lipinski definition) is 3. The van der Waals surface area contributed by atoms with Gasteiger partial charge in [-0.3, -0.25) is 14.3 Å². The molecule has 0 aliphatic carbocycles. The molecule has 2 rings (SSSR count). The van der Waals surface area contributed by atoms with E-state index in [1.54, 1.807) is 6.07 Å². The molecule has 90 valence electrons. The van der Waals surface area contributed by atoms with Crippen molar-refractivity contribution in [2.75, 3.05) is 0 Å². The molecule has 0 spiro atoms. The molecular weight excluding hydrogens is 230 g/mol. The van der Waals surface area contributed by atoms with E-state index >= 15 is 0 Å². The lowest BCUT2D eigenvalue weighted by Gasteiger charge is -2.11. The second-order valence-electron chi connectivity index (χ2n) is 4.02. The van der Waals surface area contributed by atoms with Crippen LogP contribution >= 0.6 is 0 Å². The van der Waals surface area contributed by atoms with Crippen LogP contribution in [0, 0.1) is 25.2 Å². The van der Waals surface area contributed by atoms with Crippen molar-refractivity contribution in [1.29, 1.82) is 5.26 Å². The molecule has 1 N–H and O–H groups in total. The Bertz CT molecular complexity index is 743. The van der Waals surface area contributed by atoms with Crippen molar-refractivity contribution in [1.82, 2.24) is 9.55 Å². The van der Waals surface area contributed by atoms with Crippen LogP contribution in [0.1, 0.15) is 16.7 Å². The summed E-state index contributed by atoms with van der Waals surface area (Å²) in [5.41, 5.74) is 1.19. The number of nitrogens with zero attached hydrogens (tertiary/aromatic N) is 2. The highest BCUT2D eigenvalue weighted by Crippen LogP contribution is 2.16. The number of aromatic amines is 1. The van der Waals surface area contributed by atoms with Gasteiger partial charge in [-0.15, -0.1) is 0 Å². The van der Waals surface area contributed by atoms with Gasteiger partial charge in [0.15, 0.2) is 0 Å². The van der Waals surface area contributed by atoms with E-state index in [1.165, 1.54) is 10.8 Å².